The number of nitrogens with one attached hydrogen (secondary N) is 1. The lowest BCUT2D eigenvalue weighted by Gasteiger charge is -2.32. The first-order valence-electron chi connectivity index (χ1n) is 8.35. The van der Waals surface area contributed by atoms with Crippen molar-refractivity contribution in [3.8, 4) is 0 Å². The van der Waals surface area contributed by atoms with Crippen molar-refractivity contribution in [2.24, 2.45) is 0 Å². The van der Waals surface area contributed by atoms with E-state index in [2.05, 4.69) is 37.1 Å². The Hall–Kier alpha value is -0.420. The number of nitrogens with zero attached hydrogens (tertiary/aromatic N) is 1. The van der Waals surface area contributed by atoms with Crippen LogP contribution in [0.25, 0.3) is 0 Å². The zero-order valence-electron chi connectivity index (χ0n) is 13.8. The molecule has 1 fully saturated rings. The number of likely N-dealkylation sites (tertiary alicyclic amines) is 1. The van der Waals surface area contributed by atoms with Crippen molar-refractivity contribution >= 4 is 11.3 Å². The van der Waals surface area contributed by atoms with Crippen LogP contribution in [0, 0.1) is 6.92 Å². The fourth-order valence-corrected chi connectivity index (χ4v) is 3.92. The number of hydrogen-bond donors (Lipinski definition) is 1. The van der Waals surface area contributed by atoms with Gasteiger partial charge in [0.05, 0.1) is 6.10 Å². The van der Waals surface area contributed by atoms with Crippen LogP contribution in [0.5, 0.6) is 0 Å². The second-order valence-electron chi connectivity index (χ2n) is 5.94. The van der Waals surface area contributed by atoms with Crippen LogP contribution in [0.15, 0.2) is 6.07 Å². The average Bonchev–Trinajstić information content (AvgIpc) is 2.83. The van der Waals surface area contributed by atoms with E-state index in [9.17, 15) is 0 Å². The van der Waals surface area contributed by atoms with Crippen molar-refractivity contribution in [3.05, 3.63) is 21.4 Å². The second-order valence-corrected chi connectivity index (χ2v) is 7.29. The molecule has 1 N–H and O–H groups in total. The third-order valence-corrected chi connectivity index (χ3v) is 5.13. The van der Waals surface area contributed by atoms with Gasteiger partial charge < -0.3 is 10.1 Å². The minimum atomic E-state index is 0.443. The standard InChI is InChI=1S/C17H30N2OS/c1-4-9-20-16-7-6-8-19(13-16)12-15-10-17(11-18-5-2)21-14(15)3/h10,16,18H,4-9,11-13H2,1-3H3. The van der Waals surface area contributed by atoms with Gasteiger partial charge in [0.2, 0.25) is 0 Å². The first-order chi connectivity index (χ1) is 10.2. The zero-order valence-corrected chi connectivity index (χ0v) is 14.6. The van der Waals surface area contributed by atoms with Gasteiger partial charge in [0.15, 0.2) is 0 Å². The third kappa shape index (κ3) is 5.37. The van der Waals surface area contributed by atoms with Gasteiger partial charge in [-0.25, -0.2) is 0 Å². The molecule has 1 unspecified atom stereocenters. The highest BCUT2D eigenvalue weighted by atomic mass is 32.1. The molecule has 0 saturated carbocycles. The van der Waals surface area contributed by atoms with Crippen LogP contribution in [-0.4, -0.2) is 37.2 Å². The topological polar surface area (TPSA) is 24.5 Å². The highest BCUT2D eigenvalue weighted by molar-refractivity contribution is 7.12. The molecule has 0 spiro atoms. The van der Waals surface area contributed by atoms with Crippen LogP contribution in [0.3, 0.4) is 0 Å². The van der Waals surface area contributed by atoms with E-state index in [1.165, 1.54) is 34.7 Å². The first-order valence-corrected chi connectivity index (χ1v) is 9.17. The second kappa shape index (κ2) is 8.89. The Kier molecular flexibility index (Phi) is 7.17. The number of piperidine rings is 1. The molecule has 0 radical (unpaired) electrons. The molecule has 1 aliphatic rings. The van der Waals surface area contributed by atoms with Gasteiger partial charge in [-0.2, -0.15) is 0 Å². The molecule has 1 atom stereocenters. The maximum absolute atomic E-state index is 5.94. The predicted octanol–water partition coefficient (Wildman–Crippen LogP) is 3.56. The smallest absolute Gasteiger partial charge is 0.0702 e. The molecule has 2 rings (SSSR count). The van der Waals surface area contributed by atoms with E-state index in [1.54, 1.807) is 0 Å². The van der Waals surface area contributed by atoms with Crippen molar-refractivity contribution < 1.29 is 4.74 Å². The molecule has 2 heterocycles. The van der Waals surface area contributed by atoms with E-state index < -0.39 is 0 Å². The van der Waals surface area contributed by atoms with Crippen molar-refractivity contribution in [2.45, 2.75) is 59.2 Å². The van der Waals surface area contributed by atoms with Gasteiger partial charge in [-0.15, -0.1) is 11.3 Å². The van der Waals surface area contributed by atoms with Crippen LogP contribution >= 0.6 is 11.3 Å². The summed E-state index contributed by atoms with van der Waals surface area (Å²) >= 11 is 1.94. The Morgan fingerprint density at radius 2 is 2.29 bits per heavy atom. The molecule has 0 aliphatic carbocycles. The molecule has 1 saturated heterocycles. The fraction of sp³-hybridized carbons (Fsp3) is 0.765. The maximum atomic E-state index is 5.94. The van der Waals surface area contributed by atoms with Crippen LogP contribution < -0.4 is 5.32 Å². The van der Waals surface area contributed by atoms with E-state index in [-0.39, 0.29) is 0 Å². The van der Waals surface area contributed by atoms with Gasteiger partial charge >= 0.3 is 0 Å². The van der Waals surface area contributed by atoms with Crippen molar-refractivity contribution in [2.75, 3.05) is 26.2 Å². The van der Waals surface area contributed by atoms with Gasteiger partial charge in [-0.1, -0.05) is 13.8 Å². The van der Waals surface area contributed by atoms with Crippen LogP contribution in [0.1, 0.15) is 48.4 Å². The van der Waals surface area contributed by atoms with E-state index in [0.29, 0.717) is 6.10 Å². The number of hydrogen-bond acceptors (Lipinski definition) is 4. The molecule has 1 aromatic rings. The SMILES string of the molecule is CCCOC1CCCN(Cc2cc(CNCC)sc2C)C1. The minimum Gasteiger partial charge on any atom is -0.377 e. The number of aryl methyl sites for hydroxylation is 1. The minimum absolute atomic E-state index is 0.443. The molecule has 21 heavy (non-hydrogen) atoms. The Labute approximate surface area is 133 Å². The van der Waals surface area contributed by atoms with Crippen LogP contribution in [0.2, 0.25) is 0 Å². The molecule has 1 aromatic heterocycles. The third-order valence-electron chi connectivity index (χ3n) is 4.03. The van der Waals surface area contributed by atoms with Gasteiger partial charge in [-0.3, -0.25) is 4.90 Å². The monoisotopic (exact) mass is 310 g/mol. The quantitative estimate of drug-likeness (QED) is 0.794. The maximum Gasteiger partial charge on any atom is 0.0702 e. The van der Waals surface area contributed by atoms with Gasteiger partial charge in [0.25, 0.3) is 0 Å². The molecule has 120 valence electrons. The summed E-state index contributed by atoms with van der Waals surface area (Å²) in [5.74, 6) is 0. The highest BCUT2D eigenvalue weighted by Gasteiger charge is 2.21. The number of thiophene rings is 1. The summed E-state index contributed by atoms with van der Waals surface area (Å²) in [5, 5.41) is 3.42. The van der Waals surface area contributed by atoms with Crippen molar-refractivity contribution in [3.63, 3.8) is 0 Å². The fourth-order valence-electron chi connectivity index (χ4n) is 2.90. The molecule has 0 aromatic carbocycles. The average molecular weight is 311 g/mol. The predicted molar refractivity (Wildman–Crippen MR) is 91.0 cm³/mol. The van der Waals surface area contributed by atoms with Crippen LogP contribution in [0.4, 0.5) is 0 Å². The molecule has 0 bridgehead atoms. The van der Waals surface area contributed by atoms with Gasteiger partial charge in [0, 0.05) is 36.0 Å². The molecule has 1 aliphatic heterocycles. The highest BCUT2D eigenvalue weighted by Crippen LogP contribution is 2.24. The Morgan fingerprint density at radius 3 is 3.05 bits per heavy atom. The van der Waals surface area contributed by atoms with Gasteiger partial charge in [0.1, 0.15) is 0 Å². The van der Waals surface area contributed by atoms with Crippen molar-refractivity contribution in [1.82, 2.24) is 10.2 Å². The summed E-state index contributed by atoms with van der Waals surface area (Å²) in [6.07, 6.45) is 4.06. The lowest BCUT2D eigenvalue weighted by molar-refractivity contribution is -0.00224. The molecule has 4 heteroatoms. The van der Waals surface area contributed by atoms with Crippen molar-refractivity contribution in [1.29, 1.82) is 0 Å². The Bertz CT molecular complexity index is 419. The lowest BCUT2D eigenvalue weighted by atomic mass is 10.1. The lowest BCUT2D eigenvalue weighted by Crippen LogP contribution is -2.39. The molecular formula is C17H30N2OS. The first kappa shape index (κ1) is 16.9. The van der Waals surface area contributed by atoms with Gasteiger partial charge in [-0.05, 0) is 50.9 Å². The van der Waals surface area contributed by atoms with E-state index in [1.807, 2.05) is 11.3 Å². The summed E-state index contributed by atoms with van der Waals surface area (Å²) < 4.78 is 5.94. The Morgan fingerprint density at radius 1 is 1.43 bits per heavy atom. The normalized spacial score (nSPS) is 20.0. The van der Waals surface area contributed by atoms with Crippen LogP contribution in [-0.2, 0) is 17.8 Å². The summed E-state index contributed by atoms with van der Waals surface area (Å²) in [5.41, 5.74) is 1.50. The summed E-state index contributed by atoms with van der Waals surface area (Å²) in [7, 11) is 0. The van der Waals surface area contributed by atoms with E-state index in [4.69, 9.17) is 4.74 Å². The zero-order chi connectivity index (χ0) is 15.1. The van der Waals surface area contributed by atoms with E-state index >= 15 is 0 Å². The summed E-state index contributed by atoms with van der Waals surface area (Å²) in [6, 6.07) is 2.39. The number of ether oxygens (including phenoxy) is 1. The largest absolute Gasteiger partial charge is 0.377 e. The molecule has 3 nitrogen and oxygen atoms in total. The summed E-state index contributed by atoms with van der Waals surface area (Å²) in [6.45, 7) is 12.9. The Balaban J connectivity index is 1.87. The molecular weight excluding hydrogens is 280 g/mol. The molecule has 0 amide bonds. The number of rotatable bonds is 8. The summed E-state index contributed by atoms with van der Waals surface area (Å²) in [4.78, 5) is 5.50. The van der Waals surface area contributed by atoms with E-state index in [0.717, 1.165) is 39.2 Å².